The molecule has 0 saturated heterocycles. The number of nitrogens with zero attached hydrogens (tertiary/aromatic N) is 1. The zero-order chi connectivity index (χ0) is 15.9. The third-order valence-corrected chi connectivity index (χ3v) is 3.55. The molecule has 0 aromatic heterocycles. The van der Waals surface area contributed by atoms with Gasteiger partial charge in [-0.25, -0.2) is 0 Å². The predicted molar refractivity (Wildman–Crippen MR) is 79.7 cm³/mol. The van der Waals surface area contributed by atoms with Gasteiger partial charge in [-0.2, -0.15) is 0 Å². The molecule has 0 bridgehead atoms. The first-order valence-corrected chi connectivity index (χ1v) is 7.02. The number of fused-ring (bicyclic) bond motifs is 1. The van der Waals surface area contributed by atoms with Gasteiger partial charge in [0.25, 0.3) is 11.8 Å². The Morgan fingerprint density at radius 2 is 1.52 bits per heavy atom. The molecule has 2 rings (SSSR count). The van der Waals surface area contributed by atoms with Crippen LogP contribution in [-0.2, 0) is 4.79 Å². The molecule has 0 atom stereocenters. The Balaban J connectivity index is 2.24. The summed E-state index contributed by atoms with van der Waals surface area (Å²) in [4.78, 5) is 37.2. The van der Waals surface area contributed by atoms with Crippen molar-refractivity contribution < 1.29 is 14.4 Å². The van der Waals surface area contributed by atoms with Crippen molar-refractivity contribution in [1.29, 1.82) is 0 Å². The van der Waals surface area contributed by atoms with Crippen LogP contribution in [0.5, 0.6) is 0 Å². The molecule has 1 aliphatic rings. The molecule has 1 heterocycles. The van der Waals surface area contributed by atoms with Crippen molar-refractivity contribution in [3.8, 4) is 0 Å². The number of benzene rings is 1. The van der Waals surface area contributed by atoms with Crippen molar-refractivity contribution in [3.05, 3.63) is 33.3 Å². The normalized spacial score (nSPS) is 14.4. The third kappa shape index (κ3) is 3.19. The van der Waals surface area contributed by atoms with Crippen molar-refractivity contribution in [3.63, 3.8) is 0 Å². The zero-order valence-corrected chi connectivity index (χ0v) is 13.3. The van der Waals surface area contributed by atoms with Gasteiger partial charge in [0.15, 0.2) is 0 Å². The van der Waals surface area contributed by atoms with Gasteiger partial charge in [-0.1, -0.05) is 23.2 Å². The molecule has 0 unspecified atom stereocenters. The van der Waals surface area contributed by atoms with Gasteiger partial charge in [-0.15, -0.1) is 0 Å². The molecule has 5 nitrogen and oxygen atoms in total. The predicted octanol–water partition coefficient (Wildman–Crippen LogP) is 2.50. The number of hydrogen-bond acceptors (Lipinski definition) is 3. The van der Waals surface area contributed by atoms with Gasteiger partial charge >= 0.3 is 0 Å². The van der Waals surface area contributed by atoms with Gasteiger partial charge in [-0.3, -0.25) is 19.3 Å². The molecule has 21 heavy (non-hydrogen) atoms. The second-order valence-electron chi connectivity index (χ2n) is 5.81. The average molecular weight is 329 g/mol. The van der Waals surface area contributed by atoms with E-state index in [1.807, 2.05) is 20.8 Å². The highest BCUT2D eigenvalue weighted by atomic mass is 35.5. The SMILES string of the molecule is CC(C)(C)NC(=O)CN1C(=O)c2cc(Cl)c(Cl)cc2C1=O. The lowest BCUT2D eigenvalue weighted by Gasteiger charge is -2.22. The summed E-state index contributed by atoms with van der Waals surface area (Å²) in [5.41, 5.74) is -0.113. The summed E-state index contributed by atoms with van der Waals surface area (Å²) < 4.78 is 0. The highest BCUT2D eigenvalue weighted by Crippen LogP contribution is 2.31. The Bertz CT molecular complexity index is 609. The van der Waals surface area contributed by atoms with Crippen LogP contribution in [-0.4, -0.2) is 34.7 Å². The Morgan fingerprint density at radius 3 is 1.90 bits per heavy atom. The Kier molecular flexibility index (Phi) is 4.00. The fourth-order valence-corrected chi connectivity index (χ4v) is 2.36. The minimum absolute atomic E-state index is 0.165. The molecule has 3 amide bonds. The Labute approximate surface area is 132 Å². The first-order valence-electron chi connectivity index (χ1n) is 6.26. The van der Waals surface area contributed by atoms with Gasteiger partial charge in [0.2, 0.25) is 5.91 Å². The molecule has 1 aliphatic heterocycles. The molecule has 112 valence electrons. The number of amides is 3. The van der Waals surface area contributed by atoms with E-state index >= 15 is 0 Å². The summed E-state index contributed by atoms with van der Waals surface area (Å²) in [5, 5.41) is 3.08. The number of carbonyl (C=O) groups excluding carboxylic acids is 3. The van der Waals surface area contributed by atoms with E-state index in [4.69, 9.17) is 23.2 Å². The van der Waals surface area contributed by atoms with E-state index < -0.39 is 23.3 Å². The molecule has 0 fully saturated rings. The number of halogens is 2. The van der Waals surface area contributed by atoms with E-state index in [2.05, 4.69) is 5.32 Å². The molecule has 0 saturated carbocycles. The van der Waals surface area contributed by atoms with Crippen molar-refractivity contribution in [2.75, 3.05) is 6.54 Å². The van der Waals surface area contributed by atoms with Crippen LogP contribution in [0.2, 0.25) is 10.0 Å². The molecule has 0 radical (unpaired) electrons. The highest BCUT2D eigenvalue weighted by molar-refractivity contribution is 6.43. The van der Waals surface area contributed by atoms with E-state index in [1.165, 1.54) is 12.1 Å². The van der Waals surface area contributed by atoms with Crippen LogP contribution in [0, 0.1) is 0 Å². The maximum atomic E-state index is 12.2. The van der Waals surface area contributed by atoms with Gasteiger partial charge in [-0.05, 0) is 32.9 Å². The maximum Gasteiger partial charge on any atom is 0.262 e. The zero-order valence-electron chi connectivity index (χ0n) is 11.8. The number of imide groups is 1. The van der Waals surface area contributed by atoms with Crippen LogP contribution >= 0.6 is 23.2 Å². The van der Waals surface area contributed by atoms with E-state index in [-0.39, 0.29) is 27.7 Å². The summed E-state index contributed by atoms with van der Waals surface area (Å²) in [7, 11) is 0. The van der Waals surface area contributed by atoms with E-state index in [1.54, 1.807) is 0 Å². The van der Waals surface area contributed by atoms with Gasteiger partial charge in [0.1, 0.15) is 6.54 Å². The quantitative estimate of drug-likeness (QED) is 0.848. The van der Waals surface area contributed by atoms with Crippen LogP contribution in [0.4, 0.5) is 0 Å². The Hall–Kier alpha value is -1.59. The highest BCUT2D eigenvalue weighted by Gasteiger charge is 2.37. The fourth-order valence-electron chi connectivity index (χ4n) is 2.03. The molecule has 0 spiro atoms. The van der Waals surface area contributed by atoms with E-state index in [9.17, 15) is 14.4 Å². The van der Waals surface area contributed by atoms with Crippen molar-refractivity contribution in [1.82, 2.24) is 10.2 Å². The van der Waals surface area contributed by atoms with Gasteiger partial charge in [0.05, 0.1) is 21.2 Å². The lowest BCUT2D eigenvalue weighted by atomic mass is 10.1. The molecule has 1 N–H and O–H groups in total. The van der Waals surface area contributed by atoms with Gasteiger partial charge in [0, 0.05) is 5.54 Å². The van der Waals surface area contributed by atoms with Crippen LogP contribution in [0.15, 0.2) is 12.1 Å². The lowest BCUT2D eigenvalue weighted by Crippen LogP contribution is -2.47. The first kappa shape index (κ1) is 15.8. The summed E-state index contributed by atoms with van der Waals surface area (Å²) in [5.74, 6) is -1.50. The minimum atomic E-state index is -0.544. The number of nitrogens with one attached hydrogen (secondary N) is 1. The van der Waals surface area contributed by atoms with E-state index in [0.29, 0.717) is 0 Å². The largest absolute Gasteiger partial charge is 0.350 e. The lowest BCUT2D eigenvalue weighted by molar-refractivity contribution is -0.122. The number of rotatable bonds is 2. The van der Waals surface area contributed by atoms with Crippen molar-refractivity contribution in [2.24, 2.45) is 0 Å². The summed E-state index contributed by atoms with van der Waals surface area (Å²) >= 11 is 11.7. The smallest absolute Gasteiger partial charge is 0.262 e. The molecular formula is C14H14Cl2N2O3. The second-order valence-corrected chi connectivity index (χ2v) is 6.62. The van der Waals surface area contributed by atoms with Crippen molar-refractivity contribution >= 4 is 40.9 Å². The fraction of sp³-hybridized carbons (Fsp3) is 0.357. The topological polar surface area (TPSA) is 66.5 Å². The Morgan fingerprint density at radius 1 is 1.10 bits per heavy atom. The molecule has 1 aromatic rings. The summed E-state index contributed by atoms with van der Waals surface area (Å²) in [6.45, 7) is 5.10. The average Bonchev–Trinajstić information content (AvgIpc) is 2.54. The monoisotopic (exact) mass is 328 g/mol. The molecule has 0 aliphatic carbocycles. The third-order valence-electron chi connectivity index (χ3n) is 2.83. The molecular weight excluding hydrogens is 315 g/mol. The first-order chi connectivity index (χ1) is 9.60. The standard InChI is InChI=1S/C14H14Cl2N2O3/c1-14(2,3)17-11(19)6-18-12(20)7-4-9(15)10(16)5-8(7)13(18)21/h4-5H,6H2,1-3H3,(H,17,19). The summed E-state index contributed by atoms with van der Waals surface area (Å²) in [6, 6.07) is 2.70. The maximum absolute atomic E-state index is 12.2. The summed E-state index contributed by atoms with van der Waals surface area (Å²) in [6.07, 6.45) is 0. The van der Waals surface area contributed by atoms with Crippen LogP contribution in [0.25, 0.3) is 0 Å². The van der Waals surface area contributed by atoms with E-state index in [0.717, 1.165) is 4.90 Å². The van der Waals surface area contributed by atoms with Crippen molar-refractivity contribution in [2.45, 2.75) is 26.3 Å². The second kappa shape index (κ2) is 5.31. The number of hydrogen-bond donors (Lipinski definition) is 1. The minimum Gasteiger partial charge on any atom is -0.350 e. The molecule has 1 aromatic carbocycles. The number of carbonyl (C=O) groups is 3. The van der Waals surface area contributed by atoms with Crippen LogP contribution < -0.4 is 5.32 Å². The molecule has 7 heteroatoms. The van der Waals surface area contributed by atoms with Crippen LogP contribution in [0.1, 0.15) is 41.5 Å². The van der Waals surface area contributed by atoms with Crippen LogP contribution in [0.3, 0.4) is 0 Å². The van der Waals surface area contributed by atoms with Gasteiger partial charge < -0.3 is 5.32 Å².